The van der Waals surface area contributed by atoms with Crippen LogP contribution < -0.4 is 11.0 Å². The lowest BCUT2D eigenvalue weighted by Gasteiger charge is -2.01. The largest absolute Gasteiger partial charge is 0.323 e. The molecule has 0 aliphatic rings. The molecular formula is C9H7FN4O2. The molecule has 6 nitrogen and oxygen atoms in total. The molecule has 1 amide bonds. The molecule has 0 saturated carbocycles. The summed E-state index contributed by atoms with van der Waals surface area (Å²) in [6.07, 6.45) is 2.42. The summed E-state index contributed by atoms with van der Waals surface area (Å²) >= 11 is 0. The van der Waals surface area contributed by atoms with Crippen LogP contribution in [0.5, 0.6) is 0 Å². The van der Waals surface area contributed by atoms with E-state index in [9.17, 15) is 14.0 Å². The van der Waals surface area contributed by atoms with Gasteiger partial charge >= 0.3 is 5.69 Å². The molecule has 0 aliphatic carbocycles. The Kier molecular flexibility index (Phi) is 2.50. The normalized spacial score (nSPS) is 10.1. The summed E-state index contributed by atoms with van der Waals surface area (Å²) in [6.45, 7) is 0. The number of carbonyl (C=O) groups excluding carboxylic acids is 1. The van der Waals surface area contributed by atoms with Crippen LogP contribution >= 0.6 is 0 Å². The van der Waals surface area contributed by atoms with Crippen molar-refractivity contribution in [3.05, 3.63) is 46.7 Å². The van der Waals surface area contributed by atoms with E-state index in [1.807, 2.05) is 0 Å². The van der Waals surface area contributed by atoms with Crippen molar-refractivity contribution in [3.8, 4) is 0 Å². The van der Waals surface area contributed by atoms with Gasteiger partial charge in [0.05, 0.1) is 11.9 Å². The minimum atomic E-state index is -0.631. The minimum absolute atomic E-state index is 0.0920. The van der Waals surface area contributed by atoms with Crippen molar-refractivity contribution >= 4 is 11.6 Å². The SMILES string of the molecule is O=C(Nc1ccc(F)nc1)c1c[nH]c(=O)[nH]1. The van der Waals surface area contributed by atoms with Gasteiger partial charge in [0.2, 0.25) is 5.95 Å². The number of aromatic amines is 2. The summed E-state index contributed by atoms with van der Waals surface area (Å²) < 4.78 is 12.5. The van der Waals surface area contributed by atoms with Crippen molar-refractivity contribution in [2.24, 2.45) is 0 Å². The number of H-pyrrole nitrogens is 2. The van der Waals surface area contributed by atoms with Gasteiger partial charge in [0.15, 0.2) is 0 Å². The molecule has 2 aromatic heterocycles. The van der Waals surface area contributed by atoms with Crippen LogP contribution in [0, 0.1) is 5.95 Å². The maximum Gasteiger partial charge on any atom is 0.323 e. The van der Waals surface area contributed by atoms with Gasteiger partial charge in [-0.15, -0.1) is 0 Å². The maximum atomic E-state index is 12.5. The van der Waals surface area contributed by atoms with Crippen LogP contribution in [0.3, 0.4) is 0 Å². The van der Waals surface area contributed by atoms with E-state index in [1.54, 1.807) is 0 Å². The summed E-state index contributed by atoms with van der Waals surface area (Å²) in [7, 11) is 0. The highest BCUT2D eigenvalue weighted by Crippen LogP contribution is 2.06. The minimum Gasteiger partial charge on any atom is -0.319 e. The Labute approximate surface area is 88.5 Å². The van der Waals surface area contributed by atoms with E-state index in [1.165, 1.54) is 18.5 Å². The number of hydrogen-bond acceptors (Lipinski definition) is 3. The van der Waals surface area contributed by atoms with E-state index >= 15 is 0 Å². The fourth-order valence-corrected chi connectivity index (χ4v) is 1.10. The predicted molar refractivity (Wildman–Crippen MR) is 53.6 cm³/mol. The van der Waals surface area contributed by atoms with Crippen LogP contribution in [0.2, 0.25) is 0 Å². The zero-order valence-corrected chi connectivity index (χ0v) is 7.95. The van der Waals surface area contributed by atoms with Crippen molar-refractivity contribution in [2.75, 3.05) is 5.32 Å². The number of nitrogens with one attached hydrogen (secondary N) is 3. The zero-order chi connectivity index (χ0) is 11.5. The molecule has 0 fully saturated rings. The molecule has 2 heterocycles. The molecule has 2 rings (SSSR count). The summed E-state index contributed by atoms with van der Waals surface area (Å²) in [4.78, 5) is 30.2. The Morgan fingerprint density at radius 3 is 2.81 bits per heavy atom. The van der Waals surface area contributed by atoms with Gasteiger partial charge in [-0.25, -0.2) is 9.78 Å². The average molecular weight is 222 g/mol. The van der Waals surface area contributed by atoms with Crippen molar-refractivity contribution in [3.63, 3.8) is 0 Å². The van der Waals surface area contributed by atoms with Crippen LogP contribution in [0.1, 0.15) is 10.5 Å². The molecule has 0 unspecified atom stereocenters. The lowest BCUT2D eigenvalue weighted by Crippen LogP contribution is -2.14. The maximum absolute atomic E-state index is 12.5. The third-order valence-electron chi connectivity index (χ3n) is 1.83. The summed E-state index contributed by atoms with van der Waals surface area (Å²) in [5, 5.41) is 2.44. The number of hydrogen-bond donors (Lipinski definition) is 3. The molecule has 0 spiro atoms. The van der Waals surface area contributed by atoms with E-state index in [0.29, 0.717) is 5.69 Å². The van der Waals surface area contributed by atoms with Gasteiger partial charge in [0, 0.05) is 6.20 Å². The first-order valence-corrected chi connectivity index (χ1v) is 4.36. The second-order valence-corrected chi connectivity index (χ2v) is 2.98. The molecule has 3 N–H and O–H groups in total. The number of imidazole rings is 1. The molecular weight excluding hydrogens is 215 g/mol. The van der Waals surface area contributed by atoms with Crippen LogP contribution in [-0.2, 0) is 0 Å². The molecule has 82 valence electrons. The smallest absolute Gasteiger partial charge is 0.319 e. The topological polar surface area (TPSA) is 90.6 Å². The highest BCUT2D eigenvalue weighted by Gasteiger charge is 2.08. The van der Waals surface area contributed by atoms with Crippen LogP contribution in [0.25, 0.3) is 0 Å². The van der Waals surface area contributed by atoms with Crippen molar-refractivity contribution in [1.29, 1.82) is 0 Å². The molecule has 0 aromatic carbocycles. The molecule has 7 heteroatoms. The van der Waals surface area contributed by atoms with Gasteiger partial charge in [0.25, 0.3) is 5.91 Å². The highest BCUT2D eigenvalue weighted by atomic mass is 19.1. The van der Waals surface area contributed by atoms with E-state index in [4.69, 9.17) is 0 Å². The molecule has 0 bridgehead atoms. The average Bonchev–Trinajstić information content (AvgIpc) is 2.68. The second-order valence-electron chi connectivity index (χ2n) is 2.98. The first kappa shape index (κ1) is 10.1. The van der Waals surface area contributed by atoms with Gasteiger partial charge in [-0.2, -0.15) is 4.39 Å². The lowest BCUT2D eigenvalue weighted by molar-refractivity contribution is 0.102. The molecule has 0 aliphatic heterocycles. The summed E-state index contributed by atoms with van der Waals surface area (Å²) in [5.74, 6) is -1.14. The number of amides is 1. The van der Waals surface area contributed by atoms with Crippen molar-refractivity contribution < 1.29 is 9.18 Å². The van der Waals surface area contributed by atoms with Crippen LogP contribution in [0.4, 0.5) is 10.1 Å². The first-order valence-electron chi connectivity index (χ1n) is 4.36. The number of rotatable bonds is 2. The Morgan fingerprint density at radius 1 is 1.44 bits per heavy atom. The quantitative estimate of drug-likeness (QED) is 0.646. The molecule has 0 atom stereocenters. The van der Waals surface area contributed by atoms with Gasteiger partial charge in [-0.1, -0.05) is 0 Å². The number of carbonyl (C=O) groups is 1. The van der Waals surface area contributed by atoms with E-state index in [0.717, 1.165) is 6.07 Å². The van der Waals surface area contributed by atoms with E-state index in [2.05, 4.69) is 20.3 Å². The van der Waals surface area contributed by atoms with E-state index in [-0.39, 0.29) is 5.69 Å². The predicted octanol–water partition coefficient (Wildman–Crippen LogP) is 0.489. The van der Waals surface area contributed by atoms with Crippen LogP contribution in [-0.4, -0.2) is 20.9 Å². The Balaban J connectivity index is 2.13. The standard InChI is InChI=1S/C9H7FN4O2/c10-7-2-1-5(3-11-7)13-8(15)6-4-12-9(16)14-6/h1-4H,(H,13,15)(H2,12,14,16). The van der Waals surface area contributed by atoms with Crippen molar-refractivity contribution in [2.45, 2.75) is 0 Å². The summed E-state index contributed by atoms with van der Waals surface area (Å²) in [6, 6.07) is 2.49. The summed E-state index contributed by atoms with van der Waals surface area (Å²) in [5.41, 5.74) is -0.0369. The second kappa shape index (κ2) is 3.97. The van der Waals surface area contributed by atoms with Crippen molar-refractivity contribution in [1.82, 2.24) is 15.0 Å². The van der Waals surface area contributed by atoms with Gasteiger partial charge in [-0.05, 0) is 12.1 Å². The Bertz CT molecular complexity index is 557. The lowest BCUT2D eigenvalue weighted by atomic mass is 10.4. The Hall–Kier alpha value is -2.44. The number of halogens is 1. The fourth-order valence-electron chi connectivity index (χ4n) is 1.10. The molecule has 2 aromatic rings. The first-order chi connectivity index (χ1) is 7.65. The highest BCUT2D eigenvalue weighted by molar-refractivity contribution is 6.02. The number of pyridine rings is 1. The number of aromatic nitrogens is 3. The van der Waals surface area contributed by atoms with E-state index < -0.39 is 17.5 Å². The molecule has 0 radical (unpaired) electrons. The zero-order valence-electron chi connectivity index (χ0n) is 7.95. The van der Waals surface area contributed by atoms with Gasteiger partial charge in [-0.3, -0.25) is 4.79 Å². The third-order valence-corrected chi connectivity index (χ3v) is 1.83. The monoisotopic (exact) mass is 222 g/mol. The number of anilines is 1. The Morgan fingerprint density at radius 2 is 2.25 bits per heavy atom. The molecule has 16 heavy (non-hydrogen) atoms. The van der Waals surface area contributed by atoms with Gasteiger partial charge in [0.1, 0.15) is 5.69 Å². The van der Waals surface area contributed by atoms with Gasteiger partial charge < -0.3 is 15.3 Å². The fraction of sp³-hybridized carbons (Fsp3) is 0. The number of nitrogens with zero attached hydrogens (tertiary/aromatic N) is 1. The molecule has 0 saturated heterocycles. The van der Waals surface area contributed by atoms with Crippen LogP contribution in [0.15, 0.2) is 29.3 Å². The third kappa shape index (κ3) is 2.14.